The second-order valence-electron chi connectivity index (χ2n) is 6.64. The summed E-state index contributed by atoms with van der Waals surface area (Å²) < 4.78 is 10.9. The van der Waals surface area contributed by atoms with E-state index in [1.165, 1.54) is 0 Å². The number of unbranched alkanes of at least 4 members (excludes halogenated alkanes) is 1. The van der Waals surface area contributed by atoms with Gasteiger partial charge in [-0.2, -0.15) is 0 Å². The Bertz CT molecular complexity index is 889. The lowest BCUT2D eigenvalue weighted by Gasteiger charge is -2.13. The molecule has 0 unspecified atom stereocenters. The Morgan fingerprint density at radius 2 is 1.81 bits per heavy atom. The fourth-order valence-corrected chi connectivity index (χ4v) is 2.90. The Hall–Kier alpha value is -2.97. The van der Waals surface area contributed by atoms with Gasteiger partial charge in [-0.25, -0.2) is 0 Å². The number of carbonyl (C=O) groups is 2. The van der Waals surface area contributed by atoms with Gasteiger partial charge in [0.05, 0.1) is 12.2 Å². The van der Waals surface area contributed by atoms with E-state index in [1.54, 1.807) is 48.5 Å². The number of hydrogen-bond acceptors (Lipinski definition) is 5. The van der Waals surface area contributed by atoms with Crippen LogP contribution in [0.5, 0.6) is 5.75 Å². The zero-order valence-corrected chi connectivity index (χ0v) is 18.7. The number of anilines is 1. The van der Waals surface area contributed by atoms with E-state index >= 15 is 0 Å². The number of rotatable bonds is 11. The first-order chi connectivity index (χ1) is 15.0. The van der Waals surface area contributed by atoms with Gasteiger partial charge in [0.2, 0.25) is 0 Å². The van der Waals surface area contributed by atoms with Gasteiger partial charge < -0.3 is 20.1 Å². The van der Waals surface area contributed by atoms with Crippen molar-refractivity contribution in [2.75, 3.05) is 31.7 Å². The maximum Gasteiger partial charge on any atom is 0.261 e. The highest BCUT2D eigenvalue weighted by molar-refractivity contribution is 7.80. The van der Waals surface area contributed by atoms with E-state index in [2.05, 4.69) is 22.9 Å². The molecule has 0 bridgehead atoms. The average Bonchev–Trinajstić information content (AvgIpc) is 2.77. The van der Waals surface area contributed by atoms with Gasteiger partial charge in [-0.1, -0.05) is 31.5 Å². The SMILES string of the molecule is CCCCNC(=O)c1cccc(NC(=S)NC(=O)c2ccccc2OCCOCC)c1. The summed E-state index contributed by atoms with van der Waals surface area (Å²) in [6, 6.07) is 13.9. The molecule has 0 radical (unpaired) electrons. The molecule has 0 fully saturated rings. The van der Waals surface area contributed by atoms with E-state index in [-0.39, 0.29) is 11.0 Å². The number of hydrogen-bond donors (Lipinski definition) is 3. The molecule has 7 nitrogen and oxygen atoms in total. The minimum atomic E-state index is -0.391. The van der Waals surface area contributed by atoms with Crippen LogP contribution in [0.1, 0.15) is 47.4 Å². The number of carbonyl (C=O) groups excluding carboxylic acids is 2. The van der Waals surface area contributed by atoms with Crippen LogP contribution >= 0.6 is 12.2 Å². The minimum absolute atomic E-state index is 0.123. The molecule has 8 heteroatoms. The van der Waals surface area contributed by atoms with Gasteiger partial charge in [-0.05, 0) is 55.9 Å². The monoisotopic (exact) mass is 443 g/mol. The molecular weight excluding hydrogens is 414 g/mol. The first-order valence-corrected chi connectivity index (χ1v) is 10.8. The molecule has 0 heterocycles. The molecule has 2 rings (SSSR count). The summed E-state index contributed by atoms with van der Waals surface area (Å²) >= 11 is 5.27. The van der Waals surface area contributed by atoms with Crippen molar-refractivity contribution in [2.24, 2.45) is 0 Å². The van der Waals surface area contributed by atoms with E-state index in [0.29, 0.717) is 48.9 Å². The summed E-state index contributed by atoms with van der Waals surface area (Å²) in [4.78, 5) is 24.9. The molecule has 0 aliphatic heterocycles. The van der Waals surface area contributed by atoms with Crippen molar-refractivity contribution >= 4 is 34.8 Å². The topological polar surface area (TPSA) is 88.7 Å². The number of para-hydroxylation sites is 1. The third kappa shape index (κ3) is 8.35. The molecule has 0 saturated heterocycles. The summed E-state index contributed by atoms with van der Waals surface area (Å²) in [7, 11) is 0. The fourth-order valence-electron chi connectivity index (χ4n) is 2.69. The summed E-state index contributed by atoms with van der Waals surface area (Å²) in [5.41, 5.74) is 1.49. The number of nitrogens with one attached hydrogen (secondary N) is 3. The third-order valence-electron chi connectivity index (χ3n) is 4.25. The van der Waals surface area contributed by atoms with Crippen LogP contribution < -0.4 is 20.7 Å². The maximum absolute atomic E-state index is 12.7. The van der Waals surface area contributed by atoms with Crippen LogP contribution in [0.15, 0.2) is 48.5 Å². The van der Waals surface area contributed by atoms with Crippen molar-refractivity contribution < 1.29 is 19.1 Å². The summed E-state index contributed by atoms with van der Waals surface area (Å²) in [6.45, 7) is 5.99. The molecule has 2 amide bonds. The largest absolute Gasteiger partial charge is 0.490 e. The second kappa shape index (κ2) is 13.4. The van der Waals surface area contributed by atoms with Crippen molar-refractivity contribution in [3.05, 3.63) is 59.7 Å². The number of ether oxygens (including phenoxy) is 2. The second-order valence-corrected chi connectivity index (χ2v) is 7.05. The van der Waals surface area contributed by atoms with Gasteiger partial charge in [0.1, 0.15) is 12.4 Å². The fraction of sp³-hybridized carbons (Fsp3) is 0.348. The van der Waals surface area contributed by atoms with Crippen molar-refractivity contribution in [1.29, 1.82) is 0 Å². The highest BCUT2D eigenvalue weighted by Crippen LogP contribution is 2.18. The summed E-state index contributed by atoms with van der Waals surface area (Å²) in [5, 5.41) is 8.59. The van der Waals surface area contributed by atoms with Crippen molar-refractivity contribution in [3.63, 3.8) is 0 Å². The Morgan fingerprint density at radius 3 is 2.58 bits per heavy atom. The molecule has 0 spiro atoms. The van der Waals surface area contributed by atoms with Gasteiger partial charge in [0, 0.05) is 24.4 Å². The molecule has 3 N–H and O–H groups in total. The lowest BCUT2D eigenvalue weighted by atomic mass is 10.2. The van der Waals surface area contributed by atoms with E-state index in [1.807, 2.05) is 6.92 Å². The van der Waals surface area contributed by atoms with Crippen molar-refractivity contribution in [2.45, 2.75) is 26.7 Å². The number of amides is 2. The van der Waals surface area contributed by atoms with E-state index < -0.39 is 5.91 Å². The normalized spacial score (nSPS) is 10.3. The van der Waals surface area contributed by atoms with Crippen LogP contribution in [-0.2, 0) is 4.74 Å². The quantitative estimate of drug-likeness (QED) is 0.362. The van der Waals surface area contributed by atoms with Crippen molar-refractivity contribution in [3.8, 4) is 5.75 Å². The molecule has 2 aromatic carbocycles. The van der Waals surface area contributed by atoms with Gasteiger partial charge in [-0.3, -0.25) is 14.9 Å². The first-order valence-electron chi connectivity index (χ1n) is 10.3. The third-order valence-corrected chi connectivity index (χ3v) is 4.45. The van der Waals surface area contributed by atoms with Crippen LogP contribution in [0, 0.1) is 0 Å². The highest BCUT2D eigenvalue weighted by Gasteiger charge is 2.14. The molecule has 0 saturated carbocycles. The van der Waals surface area contributed by atoms with Crippen LogP contribution in [0.25, 0.3) is 0 Å². The summed E-state index contributed by atoms with van der Waals surface area (Å²) in [5.74, 6) is -0.0867. The Labute approximate surface area is 188 Å². The molecule has 0 aliphatic rings. The van der Waals surface area contributed by atoms with Gasteiger partial charge in [0.15, 0.2) is 5.11 Å². The molecule has 0 atom stereocenters. The lowest BCUT2D eigenvalue weighted by Crippen LogP contribution is -2.34. The Balaban J connectivity index is 1.95. The minimum Gasteiger partial charge on any atom is -0.490 e. The highest BCUT2D eigenvalue weighted by atomic mass is 32.1. The van der Waals surface area contributed by atoms with E-state index in [9.17, 15) is 9.59 Å². The number of benzene rings is 2. The maximum atomic E-state index is 12.7. The van der Waals surface area contributed by atoms with Gasteiger partial charge >= 0.3 is 0 Å². The zero-order chi connectivity index (χ0) is 22.5. The van der Waals surface area contributed by atoms with Crippen LogP contribution in [-0.4, -0.2) is 43.3 Å². The van der Waals surface area contributed by atoms with Gasteiger partial charge in [0.25, 0.3) is 11.8 Å². The van der Waals surface area contributed by atoms with Crippen LogP contribution in [0.4, 0.5) is 5.69 Å². The smallest absolute Gasteiger partial charge is 0.261 e. The standard InChI is InChI=1S/C23H29N3O4S/c1-3-5-13-24-21(27)17-9-8-10-18(16-17)25-23(31)26-22(28)19-11-6-7-12-20(19)30-15-14-29-4-2/h6-12,16H,3-5,13-15H2,1-2H3,(H,24,27)(H2,25,26,28,31). The molecule has 2 aromatic rings. The van der Waals surface area contributed by atoms with Gasteiger partial charge in [-0.15, -0.1) is 0 Å². The predicted octanol–water partition coefficient (Wildman–Crippen LogP) is 3.76. The van der Waals surface area contributed by atoms with E-state index in [0.717, 1.165) is 12.8 Å². The van der Waals surface area contributed by atoms with E-state index in [4.69, 9.17) is 21.7 Å². The van der Waals surface area contributed by atoms with Crippen LogP contribution in [0.3, 0.4) is 0 Å². The molecular formula is C23H29N3O4S. The Morgan fingerprint density at radius 1 is 1.00 bits per heavy atom. The Kier molecular flexibility index (Phi) is 10.5. The lowest BCUT2D eigenvalue weighted by molar-refractivity contribution is 0.0947. The van der Waals surface area contributed by atoms with Crippen molar-refractivity contribution in [1.82, 2.24) is 10.6 Å². The predicted molar refractivity (Wildman–Crippen MR) is 126 cm³/mol. The molecule has 0 aromatic heterocycles. The summed E-state index contributed by atoms with van der Waals surface area (Å²) in [6.07, 6.45) is 1.94. The molecule has 0 aliphatic carbocycles. The first kappa shape index (κ1) is 24.3. The number of thiocarbonyl (C=S) groups is 1. The average molecular weight is 444 g/mol. The van der Waals surface area contributed by atoms with Crippen LogP contribution in [0.2, 0.25) is 0 Å². The molecule has 31 heavy (non-hydrogen) atoms. The zero-order valence-electron chi connectivity index (χ0n) is 17.9. The molecule has 166 valence electrons.